The monoisotopic (exact) mass is 270 g/mol. The van der Waals surface area contributed by atoms with Crippen LogP contribution in [0.25, 0.3) is 11.0 Å². The number of carbonyl (C=O) groups is 1. The molecular formula is C13H10N4OS. The van der Waals surface area contributed by atoms with Crippen LogP contribution in [0.2, 0.25) is 0 Å². The smallest absolute Gasteiger partial charge is 0.257 e. The van der Waals surface area contributed by atoms with Crippen LogP contribution in [0, 0.1) is 6.92 Å². The lowest BCUT2D eigenvalue weighted by Gasteiger charge is -2.02. The third-order valence-corrected chi connectivity index (χ3v) is 3.40. The Morgan fingerprint density at radius 1 is 1.16 bits per heavy atom. The minimum atomic E-state index is -0.193. The summed E-state index contributed by atoms with van der Waals surface area (Å²) in [5, 5.41) is 3.36. The lowest BCUT2D eigenvalue weighted by molar-refractivity contribution is 0.102. The molecule has 1 aromatic carbocycles. The van der Waals surface area contributed by atoms with Gasteiger partial charge in [0.05, 0.1) is 11.0 Å². The molecule has 1 N–H and O–H groups in total. The molecule has 19 heavy (non-hydrogen) atoms. The van der Waals surface area contributed by atoms with Crippen molar-refractivity contribution >= 4 is 33.4 Å². The number of anilines is 1. The van der Waals surface area contributed by atoms with E-state index in [-0.39, 0.29) is 5.91 Å². The Bertz CT molecular complexity index is 753. The van der Waals surface area contributed by atoms with E-state index in [2.05, 4.69) is 20.3 Å². The van der Waals surface area contributed by atoms with Crippen molar-refractivity contribution in [2.24, 2.45) is 0 Å². The van der Waals surface area contributed by atoms with Crippen molar-refractivity contribution in [3.63, 3.8) is 0 Å². The third-order valence-electron chi connectivity index (χ3n) is 2.57. The third kappa shape index (κ3) is 2.43. The van der Waals surface area contributed by atoms with Crippen LogP contribution < -0.4 is 5.32 Å². The number of benzene rings is 1. The quantitative estimate of drug-likeness (QED) is 0.777. The van der Waals surface area contributed by atoms with E-state index in [0.29, 0.717) is 16.2 Å². The molecule has 0 radical (unpaired) electrons. The summed E-state index contributed by atoms with van der Waals surface area (Å²) in [6, 6.07) is 5.23. The molecule has 0 aliphatic heterocycles. The Morgan fingerprint density at radius 2 is 1.95 bits per heavy atom. The van der Waals surface area contributed by atoms with E-state index in [1.54, 1.807) is 36.8 Å². The van der Waals surface area contributed by atoms with Crippen molar-refractivity contribution in [3.8, 4) is 0 Å². The van der Waals surface area contributed by atoms with Crippen LogP contribution >= 0.6 is 11.3 Å². The Hall–Kier alpha value is -2.34. The summed E-state index contributed by atoms with van der Waals surface area (Å²) in [6.07, 6.45) is 4.96. The summed E-state index contributed by atoms with van der Waals surface area (Å²) >= 11 is 1.44. The Balaban J connectivity index is 1.89. The summed E-state index contributed by atoms with van der Waals surface area (Å²) in [5.74, 6) is -0.193. The van der Waals surface area contributed by atoms with Crippen molar-refractivity contribution in [2.75, 3.05) is 5.32 Å². The number of nitrogens with zero attached hydrogens (tertiary/aromatic N) is 3. The van der Waals surface area contributed by atoms with Crippen LogP contribution in [-0.4, -0.2) is 20.9 Å². The fourth-order valence-corrected chi connectivity index (χ4v) is 2.35. The lowest BCUT2D eigenvalue weighted by atomic mass is 10.2. The van der Waals surface area contributed by atoms with Crippen molar-refractivity contribution in [2.45, 2.75) is 6.92 Å². The Labute approximate surface area is 113 Å². The molecule has 0 aliphatic rings. The second-order valence-corrected chi connectivity index (χ2v) is 5.22. The maximum absolute atomic E-state index is 12.1. The predicted octanol–water partition coefficient (Wildman–Crippen LogP) is 2.65. The maximum atomic E-state index is 12.1. The first kappa shape index (κ1) is 11.7. The maximum Gasteiger partial charge on any atom is 0.257 e. The van der Waals surface area contributed by atoms with E-state index in [1.807, 2.05) is 6.92 Å². The minimum absolute atomic E-state index is 0.193. The number of hydrogen-bond acceptors (Lipinski definition) is 5. The Morgan fingerprint density at radius 3 is 2.68 bits per heavy atom. The number of thiazole rings is 1. The van der Waals surface area contributed by atoms with E-state index in [0.717, 1.165) is 10.4 Å². The zero-order valence-corrected chi connectivity index (χ0v) is 10.9. The molecule has 0 aliphatic carbocycles. The molecule has 0 saturated heterocycles. The topological polar surface area (TPSA) is 67.8 Å². The highest BCUT2D eigenvalue weighted by Gasteiger charge is 2.09. The van der Waals surface area contributed by atoms with Crippen LogP contribution in [0.15, 0.2) is 36.8 Å². The van der Waals surface area contributed by atoms with Crippen molar-refractivity contribution in [3.05, 3.63) is 47.2 Å². The van der Waals surface area contributed by atoms with E-state index in [4.69, 9.17) is 0 Å². The van der Waals surface area contributed by atoms with E-state index >= 15 is 0 Å². The van der Waals surface area contributed by atoms with Gasteiger partial charge in [0.1, 0.15) is 0 Å². The number of rotatable bonds is 2. The predicted molar refractivity (Wildman–Crippen MR) is 74.3 cm³/mol. The van der Waals surface area contributed by atoms with Crippen LogP contribution in [0.4, 0.5) is 5.13 Å². The largest absolute Gasteiger partial charge is 0.298 e. The molecule has 0 atom stereocenters. The number of aromatic nitrogens is 3. The highest BCUT2D eigenvalue weighted by atomic mass is 32.1. The summed E-state index contributed by atoms with van der Waals surface area (Å²) in [5.41, 5.74) is 2.01. The molecule has 0 bridgehead atoms. The fraction of sp³-hybridized carbons (Fsp3) is 0.0769. The zero-order chi connectivity index (χ0) is 13.2. The molecule has 94 valence electrons. The van der Waals surface area contributed by atoms with Gasteiger partial charge in [-0.2, -0.15) is 0 Å². The van der Waals surface area contributed by atoms with Crippen molar-refractivity contribution < 1.29 is 4.79 Å². The van der Waals surface area contributed by atoms with Crippen molar-refractivity contribution in [1.29, 1.82) is 0 Å². The standard InChI is InChI=1S/C13H10N4OS/c1-8-7-16-13(19-8)17-12(18)9-2-3-10-11(6-9)15-5-4-14-10/h2-7H,1H3,(H,16,17,18). The summed E-state index contributed by atoms with van der Waals surface area (Å²) in [4.78, 5) is 25.6. The molecule has 0 saturated carbocycles. The van der Waals surface area contributed by atoms with E-state index < -0.39 is 0 Å². The first-order chi connectivity index (χ1) is 9.22. The molecule has 1 amide bonds. The van der Waals surface area contributed by atoms with Gasteiger partial charge in [0, 0.05) is 29.0 Å². The van der Waals surface area contributed by atoms with Gasteiger partial charge < -0.3 is 0 Å². The number of carbonyl (C=O) groups excluding carboxylic acids is 1. The Kier molecular flexibility index (Phi) is 2.92. The average Bonchev–Trinajstić information content (AvgIpc) is 2.83. The molecule has 3 aromatic rings. The first-order valence-corrected chi connectivity index (χ1v) is 6.48. The molecule has 0 unspecified atom stereocenters. The summed E-state index contributed by atoms with van der Waals surface area (Å²) in [7, 11) is 0. The molecule has 2 heterocycles. The second kappa shape index (κ2) is 4.74. The molecule has 0 fully saturated rings. The zero-order valence-electron chi connectivity index (χ0n) is 10.1. The van der Waals surface area contributed by atoms with Gasteiger partial charge in [-0.1, -0.05) is 0 Å². The molecule has 6 heteroatoms. The van der Waals surface area contributed by atoms with Gasteiger partial charge in [0.25, 0.3) is 5.91 Å². The highest BCUT2D eigenvalue weighted by Crippen LogP contribution is 2.18. The molecule has 0 spiro atoms. The molecule has 3 rings (SSSR count). The van der Waals surface area contributed by atoms with Gasteiger partial charge in [0.15, 0.2) is 5.13 Å². The number of amides is 1. The lowest BCUT2D eigenvalue weighted by Crippen LogP contribution is -2.11. The average molecular weight is 270 g/mol. The molecule has 2 aromatic heterocycles. The van der Waals surface area contributed by atoms with Gasteiger partial charge in [-0.3, -0.25) is 20.1 Å². The van der Waals surface area contributed by atoms with Gasteiger partial charge in [0.2, 0.25) is 0 Å². The first-order valence-electron chi connectivity index (χ1n) is 5.67. The minimum Gasteiger partial charge on any atom is -0.298 e. The molecular weight excluding hydrogens is 260 g/mol. The number of nitrogens with one attached hydrogen (secondary N) is 1. The van der Waals surface area contributed by atoms with Gasteiger partial charge in [-0.15, -0.1) is 11.3 Å². The van der Waals surface area contributed by atoms with Crippen LogP contribution in [0.3, 0.4) is 0 Å². The normalized spacial score (nSPS) is 10.6. The number of hydrogen-bond donors (Lipinski definition) is 1. The summed E-state index contributed by atoms with van der Waals surface area (Å²) in [6.45, 7) is 1.94. The van der Waals surface area contributed by atoms with Gasteiger partial charge in [-0.05, 0) is 25.1 Å². The van der Waals surface area contributed by atoms with Gasteiger partial charge in [-0.25, -0.2) is 4.98 Å². The van der Waals surface area contributed by atoms with E-state index in [9.17, 15) is 4.79 Å². The van der Waals surface area contributed by atoms with Crippen LogP contribution in [0.5, 0.6) is 0 Å². The number of fused-ring (bicyclic) bond motifs is 1. The highest BCUT2D eigenvalue weighted by molar-refractivity contribution is 7.15. The van der Waals surface area contributed by atoms with Crippen LogP contribution in [-0.2, 0) is 0 Å². The van der Waals surface area contributed by atoms with E-state index in [1.165, 1.54) is 11.3 Å². The van der Waals surface area contributed by atoms with Gasteiger partial charge >= 0.3 is 0 Å². The number of aryl methyl sites for hydroxylation is 1. The van der Waals surface area contributed by atoms with Crippen LogP contribution in [0.1, 0.15) is 15.2 Å². The molecule has 5 nitrogen and oxygen atoms in total. The second-order valence-electron chi connectivity index (χ2n) is 3.99. The van der Waals surface area contributed by atoms with Crippen molar-refractivity contribution in [1.82, 2.24) is 15.0 Å². The SMILES string of the molecule is Cc1cnc(NC(=O)c2ccc3nccnc3c2)s1. The summed E-state index contributed by atoms with van der Waals surface area (Å²) < 4.78 is 0. The fourth-order valence-electron chi connectivity index (χ4n) is 1.69.